The third kappa shape index (κ3) is 5.33. The van der Waals surface area contributed by atoms with Gasteiger partial charge in [0.15, 0.2) is 10.8 Å². The Bertz CT molecular complexity index is 1380. The van der Waals surface area contributed by atoms with E-state index >= 15 is 0 Å². The fraction of sp³-hybridized carbons (Fsp3) is 0.440. The summed E-state index contributed by atoms with van der Waals surface area (Å²) in [4.78, 5) is 44.4. The van der Waals surface area contributed by atoms with E-state index in [1.807, 2.05) is 17.5 Å². The Morgan fingerprint density at radius 3 is 2.62 bits per heavy atom. The highest BCUT2D eigenvalue weighted by Gasteiger charge is 2.43. The quantitative estimate of drug-likeness (QED) is 0.476. The van der Waals surface area contributed by atoms with Gasteiger partial charge in [-0.1, -0.05) is 25.3 Å². The predicted molar refractivity (Wildman–Crippen MR) is 142 cm³/mol. The molecule has 3 aromatic heterocycles. The van der Waals surface area contributed by atoms with E-state index in [0.717, 1.165) is 33.0 Å². The van der Waals surface area contributed by atoms with E-state index in [2.05, 4.69) is 15.6 Å². The molecule has 2 N–H and O–H groups in total. The Hall–Kier alpha value is -2.67. The number of thiophene rings is 2. The summed E-state index contributed by atoms with van der Waals surface area (Å²) in [6, 6.07) is 7.61. The van der Waals surface area contributed by atoms with E-state index in [1.165, 1.54) is 23.6 Å². The lowest BCUT2D eigenvalue weighted by Gasteiger charge is -2.37. The van der Waals surface area contributed by atoms with E-state index in [4.69, 9.17) is 0 Å². The van der Waals surface area contributed by atoms with Gasteiger partial charge in [0.2, 0.25) is 5.91 Å². The standard InChI is InChI=1S/C25H28N4O5S3/c30-18-16-29(37(33,34)22-8-2-5-12-26-22)13-6-7-17(18)27-24(32)25(10-3-1-4-11-25)28-23(31)21-15-20-19(36-21)9-14-35-20/h2,5,8-9,12,14-15,17H,1,3-4,6-7,10-11,13,16H2,(H,27,32)(H,28,31)/t17-/m0/s1. The molecule has 0 radical (unpaired) electrons. The van der Waals surface area contributed by atoms with Gasteiger partial charge in [-0.15, -0.1) is 22.7 Å². The number of hydrogen-bond donors (Lipinski definition) is 2. The summed E-state index contributed by atoms with van der Waals surface area (Å²) in [5, 5.41) is 7.76. The molecule has 2 aliphatic rings. The molecular weight excluding hydrogens is 532 g/mol. The van der Waals surface area contributed by atoms with Crippen LogP contribution in [0.15, 0.2) is 46.9 Å². The largest absolute Gasteiger partial charge is 0.344 e. The van der Waals surface area contributed by atoms with Crippen molar-refractivity contribution >= 4 is 59.7 Å². The average molecular weight is 561 g/mol. The minimum absolute atomic E-state index is 0.109. The molecule has 1 saturated carbocycles. The molecule has 12 heteroatoms. The Kier molecular flexibility index (Phi) is 7.44. The van der Waals surface area contributed by atoms with Crippen molar-refractivity contribution in [2.75, 3.05) is 13.1 Å². The summed E-state index contributed by atoms with van der Waals surface area (Å²) in [7, 11) is -3.92. The number of amides is 2. The first-order chi connectivity index (χ1) is 17.8. The molecule has 1 aliphatic carbocycles. The van der Waals surface area contributed by atoms with Crippen molar-refractivity contribution in [3.05, 3.63) is 46.8 Å². The van der Waals surface area contributed by atoms with Crippen molar-refractivity contribution in [3.63, 3.8) is 0 Å². The Balaban J connectivity index is 1.30. The smallest absolute Gasteiger partial charge is 0.262 e. The maximum Gasteiger partial charge on any atom is 0.262 e. The lowest BCUT2D eigenvalue weighted by atomic mass is 9.80. The molecule has 37 heavy (non-hydrogen) atoms. The van der Waals surface area contributed by atoms with E-state index in [9.17, 15) is 22.8 Å². The van der Waals surface area contributed by atoms with Gasteiger partial charge < -0.3 is 10.6 Å². The minimum atomic E-state index is -3.92. The van der Waals surface area contributed by atoms with Gasteiger partial charge in [-0.3, -0.25) is 14.4 Å². The molecule has 0 spiro atoms. The normalized spacial score (nSPS) is 20.9. The molecule has 9 nitrogen and oxygen atoms in total. The summed E-state index contributed by atoms with van der Waals surface area (Å²) in [5.74, 6) is -1.04. The minimum Gasteiger partial charge on any atom is -0.344 e. The zero-order valence-electron chi connectivity index (χ0n) is 20.1. The van der Waals surface area contributed by atoms with E-state index < -0.39 is 21.6 Å². The fourth-order valence-electron chi connectivity index (χ4n) is 5.00. The number of ketones is 1. The van der Waals surface area contributed by atoms with Crippen molar-refractivity contribution in [2.45, 2.75) is 61.6 Å². The number of carbonyl (C=O) groups is 3. The second-order valence-corrected chi connectivity index (χ2v) is 13.4. The molecule has 4 heterocycles. The highest BCUT2D eigenvalue weighted by Crippen LogP contribution is 2.33. The average Bonchev–Trinajstić information content (AvgIpc) is 3.46. The first-order valence-corrected chi connectivity index (χ1v) is 15.5. The number of nitrogens with zero attached hydrogens (tertiary/aromatic N) is 2. The van der Waals surface area contributed by atoms with Crippen molar-refractivity contribution in [1.29, 1.82) is 0 Å². The van der Waals surface area contributed by atoms with Crippen LogP contribution in [0.5, 0.6) is 0 Å². The Labute approximate surface area is 223 Å². The van der Waals surface area contributed by atoms with Crippen LogP contribution in [0.25, 0.3) is 9.40 Å². The number of nitrogens with one attached hydrogen (secondary N) is 2. The molecule has 1 aliphatic heterocycles. The summed E-state index contributed by atoms with van der Waals surface area (Å²) < 4.78 is 29.2. The van der Waals surface area contributed by atoms with Crippen LogP contribution < -0.4 is 10.6 Å². The van der Waals surface area contributed by atoms with Crippen molar-refractivity contribution < 1.29 is 22.8 Å². The van der Waals surface area contributed by atoms with Crippen LogP contribution in [0.3, 0.4) is 0 Å². The molecule has 5 rings (SSSR count). The van der Waals surface area contributed by atoms with E-state index in [1.54, 1.807) is 23.5 Å². The van der Waals surface area contributed by atoms with Crippen molar-refractivity contribution in [3.8, 4) is 0 Å². The van der Waals surface area contributed by atoms with Crippen LogP contribution in [0.4, 0.5) is 0 Å². The highest BCUT2D eigenvalue weighted by molar-refractivity contribution is 7.89. The van der Waals surface area contributed by atoms with Gasteiger partial charge in [0.25, 0.3) is 15.9 Å². The molecule has 0 bridgehead atoms. The van der Waals surface area contributed by atoms with E-state index in [0.29, 0.717) is 30.6 Å². The number of sulfonamides is 1. The zero-order chi connectivity index (χ0) is 26.0. The molecule has 2 amide bonds. The summed E-state index contributed by atoms with van der Waals surface area (Å²) in [6.45, 7) is -0.177. The number of pyridine rings is 1. The third-order valence-electron chi connectivity index (χ3n) is 7.03. The fourth-order valence-corrected chi connectivity index (χ4v) is 8.38. The predicted octanol–water partition coefficient (Wildman–Crippen LogP) is 3.33. The second kappa shape index (κ2) is 10.6. The van der Waals surface area contributed by atoms with Crippen LogP contribution >= 0.6 is 22.7 Å². The van der Waals surface area contributed by atoms with Gasteiger partial charge in [0, 0.05) is 22.1 Å². The van der Waals surface area contributed by atoms with Gasteiger partial charge in [0.05, 0.1) is 17.5 Å². The number of rotatable bonds is 6. The van der Waals surface area contributed by atoms with Crippen molar-refractivity contribution in [2.24, 2.45) is 0 Å². The van der Waals surface area contributed by atoms with Gasteiger partial charge in [-0.05, 0) is 55.3 Å². The first kappa shape index (κ1) is 26.0. The maximum atomic E-state index is 13.6. The van der Waals surface area contributed by atoms with Gasteiger partial charge >= 0.3 is 0 Å². The SMILES string of the molecule is O=C(NC1(C(=O)N[C@H]2CCCN(S(=O)(=O)c3ccccn3)CC2=O)CCCCC1)c1cc2sccc2s1. The molecule has 0 unspecified atom stereocenters. The second-order valence-electron chi connectivity index (χ2n) is 9.50. The molecule has 1 saturated heterocycles. The van der Waals surface area contributed by atoms with Crippen LogP contribution in [-0.4, -0.2) is 60.0 Å². The monoisotopic (exact) mass is 560 g/mol. The Morgan fingerprint density at radius 1 is 1.08 bits per heavy atom. The number of carbonyl (C=O) groups excluding carboxylic acids is 3. The lowest BCUT2D eigenvalue weighted by molar-refractivity contribution is -0.132. The molecule has 1 atom stereocenters. The maximum absolute atomic E-state index is 13.6. The number of hydrogen-bond acceptors (Lipinski definition) is 8. The molecular formula is C25H28N4O5S3. The first-order valence-electron chi connectivity index (χ1n) is 12.3. The van der Waals surface area contributed by atoms with Crippen LogP contribution in [0.2, 0.25) is 0 Å². The topological polar surface area (TPSA) is 126 Å². The number of fused-ring (bicyclic) bond motifs is 1. The molecule has 2 fully saturated rings. The van der Waals surface area contributed by atoms with Crippen LogP contribution in [0.1, 0.15) is 54.6 Å². The molecule has 3 aromatic rings. The third-order valence-corrected chi connectivity index (χ3v) is 10.9. The van der Waals surface area contributed by atoms with Crippen molar-refractivity contribution in [1.82, 2.24) is 19.9 Å². The highest BCUT2D eigenvalue weighted by atomic mass is 32.2. The molecule has 196 valence electrons. The van der Waals surface area contributed by atoms with Gasteiger partial charge in [-0.2, -0.15) is 4.31 Å². The van der Waals surface area contributed by atoms with E-state index in [-0.39, 0.29) is 35.7 Å². The Morgan fingerprint density at radius 2 is 1.89 bits per heavy atom. The number of aromatic nitrogens is 1. The van der Waals surface area contributed by atoms with Crippen LogP contribution in [-0.2, 0) is 19.6 Å². The molecule has 0 aromatic carbocycles. The summed E-state index contributed by atoms with van der Waals surface area (Å²) in [6.07, 6.45) is 5.67. The van der Waals surface area contributed by atoms with Gasteiger partial charge in [-0.25, -0.2) is 13.4 Å². The number of Topliss-reactive ketones (excluding diaryl/α,β-unsaturated/α-hetero) is 1. The lowest BCUT2D eigenvalue weighted by Crippen LogP contribution is -2.62. The summed E-state index contributed by atoms with van der Waals surface area (Å²) >= 11 is 2.96. The van der Waals surface area contributed by atoms with Gasteiger partial charge in [0.1, 0.15) is 5.54 Å². The summed E-state index contributed by atoms with van der Waals surface area (Å²) in [5.41, 5.74) is -1.10. The van der Waals surface area contributed by atoms with Crippen LogP contribution in [0, 0.1) is 0 Å². The zero-order valence-corrected chi connectivity index (χ0v) is 22.6.